The van der Waals surface area contributed by atoms with E-state index in [0.29, 0.717) is 5.56 Å². The van der Waals surface area contributed by atoms with Gasteiger partial charge in [-0.2, -0.15) is 5.26 Å². The lowest BCUT2D eigenvalue weighted by molar-refractivity contribution is 0.0990. The largest absolute Gasteiger partial charge is 0.387 e. The van der Waals surface area contributed by atoms with Crippen LogP contribution in [0.4, 0.5) is 0 Å². The minimum absolute atomic E-state index is 0.267. The maximum Gasteiger partial charge on any atom is 0.101 e. The number of hydrogen-bond donors (Lipinski definition) is 1. The zero-order valence-electron chi connectivity index (χ0n) is 8.07. The van der Waals surface area contributed by atoms with E-state index in [2.05, 4.69) is 11.1 Å². The third-order valence-corrected chi connectivity index (χ3v) is 2.82. The predicted octanol–water partition coefficient (Wildman–Crippen LogP) is 1.57. The standard InChI is InChI=1S/C11H12N2O/c1-7-2-3-9-4-8(5-12)6-13-10(9)11(7)14/h4,6-7,11,14H,2-3H2,1H3. The molecule has 1 aromatic heterocycles. The van der Waals surface area contributed by atoms with Crippen LogP contribution in [0.25, 0.3) is 0 Å². The molecule has 0 bridgehead atoms. The highest BCUT2D eigenvalue weighted by atomic mass is 16.3. The topological polar surface area (TPSA) is 56.9 Å². The van der Waals surface area contributed by atoms with Crippen LogP contribution >= 0.6 is 0 Å². The number of aromatic nitrogens is 1. The molecule has 0 saturated carbocycles. The molecule has 1 aliphatic carbocycles. The fourth-order valence-corrected chi connectivity index (χ4v) is 1.86. The highest BCUT2D eigenvalue weighted by molar-refractivity contribution is 5.35. The molecule has 1 N–H and O–H groups in total. The molecule has 1 aromatic rings. The van der Waals surface area contributed by atoms with Crippen LogP contribution in [-0.4, -0.2) is 10.1 Å². The average Bonchev–Trinajstić information content (AvgIpc) is 2.23. The Morgan fingerprint density at radius 2 is 2.43 bits per heavy atom. The average molecular weight is 188 g/mol. The van der Waals surface area contributed by atoms with Crippen LogP contribution in [0.3, 0.4) is 0 Å². The number of aliphatic hydroxyl groups excluding tert-OH is 1. The van der Waals surface area contributed by atoms with Gasteiger partial charge in [0.1, 0.15) is 6.07 Å². The van der Waals surface area contributed by atoms with E-state index in [-0.39, 0.29) is 5.92 Å². The number of aliphatic hydroxyl groups is 1. The molecule has 1 aliphatic rings. The summed E-state index contributed by atoms with van der Waals surface area (Å²) < 4.78 is 0. The molecule has 3 heteroatoms. The third-order valence-electron chi connectivity index (χ3n) is 2.82. The van der Waals surface area contributed by atoms with E-state index in [9.17, 15) is 5.11 Å². The quantitative estimate of drug-likeness (QED) is 0.672. The Morgan fingerprint density at radius 3 is 3.14 bits per heavy atom. The van der Waals surface area contributed by atoms with E-state index in [4.69, 9.17) is 5.26 Å². The number of hydrogen-bond acceptors (Lipinski definition) is 3. The van der Waals surface area contributed by atoms with Crippen molar-refractivity contribution in [3.63, 3.8) is 0 Å². The lowest BCUT2D eigenvalue weighted by atomic mass is 9.85. The fourth-order valence-electron chi connectivity index (χ4n) is 1.86. The number of nitrogens with zero attached hydrogens (tertiary/aromatic N) is 2. The number of pyridine rings is 1. The number of rotatable bonds is 0. The van der Waals surface area contributed by atoms with Crippen molar-refractivity contribution in [3.05, 3.63) is 29.1 Å². The first-order valence-corrected chi connectivity index (χ1v) is 4.79. The van der Waals surface area contributed by atoms with Crippen LogP contribution in [0.5, 0.6) is 0 Å². The van der Waals surface area contributed by atoms with Crippen LogP contribution in [0, 0.1) is 17.2 Å². The molecule has 0 radical (unpaired) electrons. The first kappa shape index (κ1) is 9.17. The van der Waals surface area contributed by atoms with Gasteiger partial charge < -0.3 is 5.11 Å². The zero-order valence-corrected chi connectivity index (χ0v) is 8.07. The first-order chi connectivity index (χ1) is 6.72. The Bertz CT molecular complexity index is 395. The van der Waals surface area contributed by atoms with E-state index >= 15 is 0 Å². The molecule has 2 atom stereocenters. The molecule has 3 nitrogen and oxygen atoms in total. The van der Waals surface area contributed by atoms with E-state index in [1.54, 1.807) is 0 Å². The van der Waals surface area contributed by atoms with Gasteiger partial charge in [0.05, 0.1) is 17.4 Å². The van der Waals surface area contributed by atoms with Crippen LogP contribution in [-0.2, 0) is 6.42 Å². The summed E-state index contributed by atoms with van der Waals surface area (Å²) in [6.45, 7) is 2.02. The molecule has 0 aliphatic heterocycles. The van der Waals surface area contributed by atoms with Gasteiger partial charge in [0.2, 0.25) is 0 Å². The van der Waals surface area contributed by atoms with Gasteiger partial charge in [-0.05, 0) is 30.4 Å². The molecule has 1 heterocycles. The van der Waals surface area contributed by atoms with Crippen molar-refractivity contribution in [3.8, 4) is 6.07 Å². The van der Waals surface area contributed by atoms with Crippen molar-refractivity contribution in [2.24, 2.45) is 5.92 Å². The van der Waals surface area contributed by atoms with Crippen molar-refractivity contribution in [1.29, 1.82) is 5.26 Å². The van der Waals surface area contributed by atoms with Gasteiger partial charge in [-0.1, -0.05) is 6.92 Å². The van der Waals surface area contributed by atoms with Gasteiger partial charge in [-0.15, -0.1) is 0 Å². The van der Waals surface area contributed by atoms with Crippen LogP contribution in [0.15, 0.2) is 12.3 Å². The Hall–Kier alpha value is -1.40. The molecule has 14 heavy (non-hydrogen) atoms. The molecule has 72 valence electrons. The van der Waals surface area contributed by atoms with Crippen LogP contribution in [0.2, 0.25) is 0 Å². The summed E-state index contributed by atoms with van der Waals surface area (Å²) in [6, 6.07) is 3.89. The lowest BCUT2D eigenvalue weighted by Gasteiger charge is -2.26. The third kappa shape index (κ3) is 1.38. The van der Waals surface area contributed by atoms with Gasteiger partial charge in [-0.3, -0.25) is 4.98 Å². The highest BCUT2D eigenvalue weighted by Gasteiger charge is 2.25. The zero-order chi connectivity index (χ0) is 10.1. The second-order valence-corrected chi connectivity index (χ2v) is 3.84. The van der Waals surface area contributed by atoms with Crippen molar-refractivity contribution in [2.75, 3.05) is 0 Å². The molecule has 0 amide bonds. The molecule has 0 spiro atoms. The molecule has 0 aromatic carbocycles. The molecule has 2 rings (SSSR count). The van der Waals surface area contributed by atoms with E-state index in [0.717, 1.165) is 24.1 Å². The Balaban J connectivity index is 2.45. The summed E-state index contributed by atoms with van der Waals surface area (Å²) in [4.78, 5) is 4.15. The first-order valence-electron chi connectivity index (χ1n) is 4.79. The normalized spacial score (nSPS) is 25.2. The van der Waals surface area contributed by atoms with Crippen molar-refractivity contribution < 1.29 is 5.11 Å². The second kappa shape index (κ2) is 3.39. The number of nitriles is 1. The van der Waals surface area contributed by atoms with E-state index in [1.807, 2.05) is 13.0 Å². The lowest BCUT2D eigenvalue weighted by Crippen LogP contribution is -2.19. The highest BCUT2D eigenvalue weighted by Crippen LogP contribution is 2.32. The summed E-state index contributed by atoms with van der Waals surface area (Å²) in [5.74, 6) is 0.267. The fraction of sp³-hybridized carbons (Fsp3) is 0.455. The Morgan fingerprint density at radius 1 is 1.64 bits per heavy atom. The summed E-state index contributed by atoms with van der Waals surface area (Å²) in [6.07, 6.45) is 2.94. The van der Waals surface area contributed by atoms with E-state index in [1.165, 1.54) is 6.20 Å². The van der Waals surface area contributed by atoms with Gasteiger partial charge in [-0.25, -0.2) is 0 Å². The van der Waals surface area contributed by atoms with Gasteiger partial charge in [0, 0.05) is 6.20 Å². The maximum atomic E-state index is 9.85. The van der Waals surface area contributed by atoms with Crippen LogP contribution < -0.4 is 0 Å². The van der Waals surface area contributed by atoms with Crippen molar-refractivity contribution in [1.82, 2.24) is 4.98 Å². The summed E-state index contributed by atoms with van der Waals surface area (Å²) in [5.41, 5.74) is 2.35. The molecular weight excluding hydrogens is 176 g/mol. The molecule has 0 fully saturated rings. The maximum absolute atomic E-state index is 9.85. The summed E-state index contributed by atoms with van der Waals surface area (Å²) in [7, 11) is 0. The second-order valence-electron chi connectivity index (χ2n) is 3.84. The van der Waals surface area contributed by atoms with Crippen molar-refractivity contribution >= 4 is 0 Å². The minimum Gasteiger partial charge on any atom is -0.387 e. The van der Waals surface area contributed by atoms with Gasteiger partial charge in [0.25, 0.3) is 0 Å². The molecular formula is C11H12N2O. The van der Waals surface area contributed by atoms with Crippen LogP contribution in [0.1, 0.15) is 36.3 Å². The Kier molecular flexibility index (Phi) is 2.22. The number of fused-ring (bicyclic) bond motifs is 1. The SMILES string of the molecule is CC1CCc2cc(C#N)cnc2C1O. The predicted molar refractivity (Wildman–Crippen MR) is 51.4 cm³/mol. The minimum atomic E-state index is -0.466. The Labute approximate surface area is 83.0 Å². The monoisotopic (exact) mass is 188 g/mol. The van der Waals surface area contributed by atoms with Gasteiger partial charge >= 0.3 is 0 Å². The van der Waals surface area contributed by atoms with Crippen molar-refractivity contribution in [2.45, 2.75) is 25.9 Å². The molecule has 2 unspecified atom stereocenters. The summed E-state index contributed by atoms with van der Waals surface area (Å²) >= 11 is 0. The van der Waals surface area contributed by atoms with E-state index < -0.39 is 6.10 Å². The summed E-state index contributed by atoms with van der Waals surface area (Å²) in [5, 5.41) is 18.6. The van der Waals surface area contributed by atoms with Gasteiger partial charge in [0.15, 0.2) is 0 Å². The number of aryl methyl sites for hydroxylation is 1. The molecule has 0 saturated heterocycles. The smallest absolute Gasteiger partial charge is 0.101 e.